The number of primary amides is 1. The zero-order valence-corrected chi connectivity index (χ0v) is 20.7. The quantitative estimate of drug-likeness (QED) is 0.261. The number of aliphatic carboxylic acids is 1. The number of nitrogens with two attached hydrogens (primary N) is 1. The lowest BCUT2D eigenvalue weighted by molar-refractivity contribution is -0.139. The summed E-state index contributed by atoms with van der Waals surface area (Å²) < 4.78 is 7.90. The molecule has 7 heteroatoms. The topological polar surface area (TPSA) is 94.6 Å². The molecule has 1 aromatic heterocycles. The number of benzene rings is 3. The van der Waals surface area contributed by atoms with Gasteiger partial charge in [-0.05, 0) is 66.8 Å². The highest BCUT2D eigenvalue weighted by atomic mass is 35.5. The number of aryl methyl sites for hydroxylation is 2. The molecule has 3 N–H and O–H groups in total. The third-order valence-electron chi connectivity index (χ3n) is 6.28. The first kappa shape index (κ1) is 24.6. The molecular formula is C28H29ClN2O4. The lowest BCUT2D eigenvalue weighted by Gasteiger charge is -2.12. The van der Waals surface area contributed by atoms with Crippen LogP contribution in [0.2, 0.25) is 5.02 Å². The number of amides is 1. The van der Waals surface area contributed by atoms with Gasteiger partial charge in [0, 0.05) is 22.5 Å². The Kier molecular flexibility index (Phi) is 7.31. The van der Waals surface area contributed by atoms with Crippen molar-refractivity contribution in [1.82, 2.24) is 4.57 Å². The Hall–Kier alpha value is -3.51. The molecule has 3 aromatic carbocycles. The molecule has 0 aliphatic heterocycles. The molecule has 4 rings (SSSR count). The first-order valence-electron chi connectivity index (χ1n) is 11.8. The molecule has 0 unspecified atom stereocenters. The monoisotopic (exact) mass is 492 g/mol. The molecule has 6 nitrogen and oxygen atoms in total. The smallest absolute Gasteiger partial charge is 0.341 e. The summed E-state index contributed by atoms with van der Waals surface area (Å²) in [5, 5.41) is 11.3. The van der Waals surface area contributed by atoms with Gasteiger partial charge in [-0.15, -0.1) is 0 Å². The van der Waals surface area contributed by atoms with Crippen LogP contribution in [0.25, 0.3) is 21.8 Å². The number of aromatic nitrogens is 1. The fraction of sp³-hybridized carbons (Fsp3) is 0.286. The van der Waals surface area contributed by atoms with E-state index in [9.17, 15) is 14.7 Å². The van der Waals surface area contributed by atoms with E-state index in [1.54, 1.807) is 12.1 Å². The molecule has 1 heterocycles. The van der Waals surface area contributed by atoms with Gasteiger partial charge in [0.25, 0.3) is 0 Å². The van der Waals surface area contributed by atoms with Crippen molar-refractivity contribution in [2.24, 2.45) is 5.73 Å². The summed E-state index contributed by atoms with van der Waals surface area (Å²) in [4.78, 5) is 23.7. The number of nitrogens with zero attached hydrogens (tertiary/aromatic N) is 1. The Morgan fingerprint density at radius 1 is 1.03 bits per heavy atom. The predicted molar refractivity (Wildman–Crippen MR) is 140 cm³/mol. The Morgan fingerprint density at radius 3 is 2.51 bits per heavy atom. The molecule has 0 fully saturated rings. The highest BCUT2D eigenvalue weighted by Crippen LogP contribution is 2.39. The average molecular weight is 493 g/mol. The molecule has 0 aliphatic rings. The van der Waals surface area contributed by atoms with Crippen molar-refractivity contribution >= 4 is 45.3 Å². The second-order valence-corrected chi connectivity index (χ2v) is 9.27. The number of rotatable bonds is 10. The summed E-state index contributed by atoms with van der Waals surface area (Å²) in [5.74, 6) is -1.18. The van der Waals surface area contributed by atoms with Gasteiger partial charge in [-0.1, -0.05) is 49.6 Å². The zero-order valence-electron chi connectivity index (χ0n) is 19.9. The molecule has 1 amide bonds. The molecule has 0 spiro atoms. The van der Waals surface area contributed by atoms with Gasteiger partial charge in [-0.3, -0.25) is 4.79 Å². The lowest BCUT2D eigenvalue weighted by Crippen LogP contribution is -2.12. The number of hydrogen-bond donors (Lipinski definition) is 2. The van der Waals surface area contributed by atoms with Crippen LogP contribution in [0.4, 0.5) is 0 Å². The molecular weight excluding hydrogens is 464 g/mol. The number of unbranched alkanes of at least 4 members (excludes halogenated alkanes) is 2. The van der Waals surface area contributed by atoms with Crippen molar-refractivity contribution in [3.63, 3.8) is 0 Å². The van der Waals surface area contributed by atoms with Crippen LogP contribution in [-0.4, -0.2) is 28.2 Å². The van der Waals surface area contributed by atoms with Gasteiger partial charge in [-0.2, -0.15) is 0 Å². The fourth-order valence-electron chi connectivity index (χ4n) is 4.55. The van der Waals surface area contributed by atoms with E-state index >= 15 is 0 Å². The van der Waals surface area contributed by atoms with E-state index in [1.807, 2.05) is 37.3 Å². The maximum absolute atomic E-state index is 12.4. The van der Waals surface area contributed by atoms with Crippen molar-refractivity contribution in [2.45, 2.75) is 46.1 Å². The summed E-state index contributed by atoms with van der Waals surface area (Å²) in [6, 6.07) is 15.4. The van der Waals surface area contributed by atoms with Crippen LogP contribution in [0.15, 0.2) is 48.5 Å². The number of halogens is 1. The van der Waals surface area contributed by atoms with Crippen molar-refractivity contribution in [3.05, 3.63) is 75.8 Å². The standard InChI is InChI=1S/C28H29ClN2O4/c1-3-4-5-7-18-13-23-27(24(14-18)35-16-25(32)33)26-20(28(30)34)8-6-9-22(26)31(23)15-19-11-10-17(2)21(29)12-19/h6,8-14H,3-5,7,15-16H2,1-2H3,(H2,30,34)(H,32,33). The van der Waals surface area contributed by atoms with E-state index in [-0.39, 0.29) is 0 Å². The second-order valence-electron chi connectivity index (χ2n) is 8.86. The van der Waals surface area contributed by atoms with E-state index in [2.05, 4.69) is 17.6 Å². The summed E-state index contributed by atoms with van der Waals surface area (Å²) in [7, 11) is 0. The first-order chi connectivity index (χ1) is 16.8. The number of carbonyl (C=O) groups is 2. The predicted octanol–water partition coefficient (Wildman–Crippen LogP) is 6.10. The van der Waals surface area contributed by atoms with E-state index in [0.717, 1.165) is 53.4 Å². The van der Waals surface area contributed by atoms with E-state index in [0.29, 0.717) is 33.7 Å². The summed E-state index contributed by atoms with van der Waals surface area (Å²) in [6.07, 6.45) is 4.05. The zero-order chi connectivity index (χ0) is 25.1. The number of hydrogen-bond acceptors (Lipinski definition) is 3. The number of carbonyl (C=O) groups excluding carboxylic acids is 1. The van der Waals surface area contributed by atoms with Crippen LogP contribution in [-0.2, 0) is 17.8 Å². The Bertz CT molecular complexity index is 1420. The number of ether oxygens (including phenoxy) is 1. The number of carboxylic acids is 1. The van der Waals surface area contributed by atoms with E-state index in [4.69, 9.17) is 22.1 Å². The minimum absolute atomic E-state index is 0.368. The van der Waals surface area contributed by atoms with Crippen LogP contribution < -0.4 is 10.5 Å². The van der Waals surface area contributed by atoms with Gasteiger partial charge in [0.1, 0.15) is 5.75 Å². The molecule has 0 atom stereocenters. The first-order valence-corrected chi connectivity index (χ1v) is 12.1. The SMILES string of the molecule is CCCCCc1cc(OCC(=O)O)c2c3c(C(N)=O)cccc3n(Cc3ccc(C)c(Cl)c3)c2c1. The fourth-order valence-corrected chi connectivity index (χ4v) is 4.75. The largest absolute Gasteiger partial charge is 0.481 e. The lowest BCUT2D eigenvalue weighted by atomic mass is 10.0. The van der Waals surface area contributed by atoms with Crippen molar-refractivity contribution < 1.29 is 19.4 Å². The minimum Gasteiger partial charge on any atom is -0.481 e. The van der Waals surface area contributed by atoms with Crippen molar-refractivity contribution in [3.8, 4) is 5.75 Å². The molecule has 182 valence electrons. The van der Waals surface area contributed by atoms with Gasteiger partial charge in [-0.25, -0.2) is 4.79 Å². The van der Waals surface area contributed by atoms with E-state index < -0.39 is 18.5 Å². The second kappa shape index (κ2) is 10.4. The number of carboxylic acid groups (broad SMARTS) is 1. The average Bonchev–Trinajstić information content (AvgIpc) is 3.13. The maximum Gasteiger partial charge on any atom is 0.341 e. The summed E-state index contributed by atoms with van der Waals surface area (Å²) in [5.41, 5.74) is 10.9. The minimum atomic E-state index is -1.07. The molecule has 0 bridgehead atoms. The van der Waals surface area contributed by atoms with Gasteiger partial charge in [0.05, 0.1) is 16.4 Å². The molecule has 35 heavy (non-hydrogen) atoms. The third kappa shape index (κ3) is 5.13. The van der Waals surface area contributed by atoms with Gasteiger partial charge in [0.2, 0.25) is 5.91 Å². The normalized spacial score (nSPS) is 11.3. The molecule has 4 aromatic rings. The van der Waals surface area contributed by atoms with Gasteiger partial charge >= 0.3 is 5.97 Å². The molecule has 0 saturated carbocycles. The highest BCUT2D eigenvalue weighted by Gasteiger charge is 2.21. The van der Waals surface area contributed by atoms with E-state index in [1.165, 1.54) is 0 Å². The maximum atomic E-state index is 12.4. The molecule has 0 radical (unpaired) electrons. The van der Waals surface area contributed by atoms with Gasteiger partial charge < -0.3 is 20.1 Å². The third-order valence-corrected chi connectivity index (χ3v) is 6.68. The summed E-state index contributed by atoms with van der Waals surface area (Å²) >= 11 is 6.40. The van der Waals surface area contributed by atoms with Crippen LogP contribution >= 0.6 is 11.6 Å². The molecule has 0 aliphatic carbocycles. The Labute approximate surface area is 209 Å². The van der Waals surface area contributed by atoms with Crippen LogP contribution in [0.3, 0.4) is 0 Å². The van der Waals surface area contributed by atoms with Gasteiger partial charge in [0.15, 0.2) is 6.61 Å². The molecule has 0 saturated heterocycles. The van der Waals surface area contributed by atoms with Crippen LogP contribution in [0.1, 0.15) is 53.2 Å². The van der Waals surface area contributed by atoms with Crippen molar-refractivity contribution in [1.29, 1.82) is 0 Å². The number of fused-ring (bicyclic) bond motifs is 3. The Balaban J connectivity index is 2.01. The summed E-state index contributed by atoms with van der Waals surface area (Å²) in [6.45, 7) is 4.15. The highest BCUT2D eigenvalue weighted by molar-refractivity contribution is 6.31. The van der Waals surface area contributed by atoms with Crippen molar-refractivity contribution in [2.75, 3.05) is 6.61 Å². The van der Waals surface area contributed by atoms with Crippen LogP contribution in [0, 0.1) is 6.92 Å². The Morgan fingerprint density at radius 2 is 1.83 bits per heavy atom. The van der Waals surface area contributed by atoms with Crippen LogP contribution in [0.5, 0.6) is 5.75 Å².